The van der Waals surface area contributed by atoms with E-state index in [-0.39, 0.29) is 0 Å². The van der Waals surface area contributed by atoms with Crippen molar-refractivity contribution in [1.82, 2.24) is 0 Å². The minimum atomic E-state index is -0.983. The van der Waals surface area contributed by atoms with Crippen molar-refractivity contribution in [3.05, 3.63) is 29.3 Å². The number of carboxylic acids is 1. The third-order valence-electron chi connectivity index (χ3n) is 2.23. The molecule has 0 aromatic heterocycles. The Balaban J connectivity index is 2.79. The maximum absolute atomic E-state index is 10.6. The Bertz CT molecular complexity index is 363. The lowest BCUT2D eigenvalue weighted by atomic mass is 10.0. The van der Waals surface area contributed by atoms with Crippen molar-refractivity contribution < 1.29 is 14.6 Å². The van der Waals surface area contributed by atoms with Crippen LogP contribution < -0.4 is 10.5 Å². The fraction of sp³-hybridized carbons (Fsp3) is 0.364. The van der Waals surface area contributed by atoms with Crippen molar-refractivity contribution in [2.45, 2.75) is 19.4 Å². The minimum Gasteiger partial charge on any atom is -0.496 e. The zero-order valence-corrected chi connectivity index (χ0v) is 8.86. The Morgan fingerprint density at radius 3 is 2.73 bits per heavy atom. The lowest BCUT2D eigenvalue weighted by Gasteiger charge is -2.09. The van der Waals surface area contributed by atoms with E-state index in [1.807, 2.05) is 25.1 Å². The Morgan fingerprint density at radius 2 is 2.27 bits per heavy atom. The Hall–Kier alpha value is -1.55. The van der Waals surface area contributed by atoms with Gasteiger partial charge in [0, 0.05) is 0 Å². The van der Waals surface area contributed by atoms with Gasteiger partial charge in [0.05, 0.1) is 7.11 Å². The van der Waals surface area contributed by atoms with Crippen LogP contribution in [0.2, 0.25) is 0 Å². The quantitative estimate of drug-likeness (QED) is 0.774. The molecule has 0 spiro atoms. The van der Waals surface area contributed by atoms with Gasteiger partial charge in [0.25, 0.3) is 0 Å². The molecule has 1 atom stereocenters. The third kappa shape index (κ3) is 2.95. The van der Waals surface area contributed by atoms with Gasteiger partial charge in [0.15, 0.2) is 0 Å². The van der Waals surface area contributed by atoms with E-state index >= 15 is 0 Å². The van der Waals surface area contributed by atoms with Gasteiger partial charge >= 0.3 is 5.97 Å². The predicted octanol–water partition coefficient (Wildman–Crippen LogP) is 0.958. The van der Waals surface area contributed by atoms with Gasteiger partial charge in [0.2, 0.25) is 0 Å². The second-order valence-electron chi connectivity index (χ2n) is 3.45. The molecule has 0 saturated heterocycles. The van der Waals surface area contributed by atoms with Crippen LogP contribution in [0.3, 0.4) is 0 Å². The largest absolute Gasteiger partial charge is 0.496 e. The summed E-state index contributed by atoms with van der Waals surface area (Å²) < 4.78 is 5.10. The second-order valence-corrected chi connectivity index (χ2v) is 3.45. The molecule has 0 heterocycles. The fourth-order valence-corrected chi connectivity index (χ4v) is 1.41. The van der Waals surface area contributed by atoms with Crippen LogP contribution in [0.5, 0.6) is 5.75 Å². The third-order valence-corrected chi connectivity index (χ3v) is 2.23. The van der Waals surface area contributed by atoms with Gasteiger partial charge in [-0.05, 0) is 30.5 Å². The van der Waals surface area contributed by atoms with Gasteiger partial charge in [-0.2, -0.15) is 0 Å². The van der Waals surface area contributed by atoms with E-state index in [2.05, 4.69) is 0 Å². The molecule has 1 aromatic carbocycles. The van der Waals surface area contributed by atoms with Crippen LogP contribution in [-0.4, -0.2) is 24.2 Å². The number of aliphatic carboxylic acids is 1. The summed E-state index contributed by atoms with van der Waals surface area (Å²) >= 11 is 0. The van der Waals surface area contributed by atoms with Crippen LogP contribution in [-0.2, 0) is 11.2 Å². The molecule has 0 radical (unpaired) electrons. The van der Waals surface area contributed by atoms with Crippen LogP contribution in [0.4, 0.5) is 0 Å². The lowest BCUT2D eigenvalue weighted by molar-refractivity contribution is -0.138. The average molecular weight is 209 g/mol. The van der Waals surface area contributed by atoms with Crippen LogP contribution >= 0.6 is 0 Å². The highest BCUT2D eigenvalue weighted by Gasteiger charge is 2.12. The first-order valence-corrected chi connectivity index (χ1v) is 4.66. The number of methoxy groups -OCH3 is 1. The smallest absolute Gasteiger partial charge is 0.320 e. The molecule has 0 amide bonds. The van der Waals surface area contributed by atoms with E-state index < -0.39 is 12.0 Å². The standard InChI is InChI=1S/C11H15NO3/c1-7-5-8(3-4-10(7)15-2)6-9(12)11(13)14/h3-5,9H,6,12H2,1-2H3,(H,13,14)/t9-/m0/s1. The second kappa shape index (κ2) is 4.79. The number of aryl methyl sites for hydroxylation is 1. The number of carbonyl (C=O) groups is 1. The molecule has 4 heteroatoms. The molecule has 4 nitrogen and oxygen atoms in total. The first-order chi connectivity index (χ1) is 7.04. The van der Waals surface area contributed by atoms with E-state index in [9.17, 15) is 4.79 Å². The zero-order chi connectivity index (χ0) is 11.4. The summed E-state index contributed by atoms with van der Waals surface area (Å²) in [5.41, 5.74) is 7.32. The van der Waals surface area contributed by atoms with Crippen LogP contribution in [0.15, 0.2) is 18.2 Å². The molecule has 82 valence electrons. The molecule has 0 aliphatic carbocycles. The molecule has 0 saturated carbocycles. The Morgan fingerprint density at radius 1 is 1.60 bits per heavy atom. The van der Waals surface area contributed by atoms with E-state index in [0.29, 0.717) is 6.42 Å². The van der Waals surface area contributed by atoms with Crippen molar-refractivity contribution in [3.63, 3.8) is 0 Å². The van der Waals surface area contributed by atoms with Crippen molar-refractivity contribution in [2.24, 2.45) is 5.73 Å². The maximum Gasteiger partial charge on any atom is 0.320 e. The molecule has 0 unspecified atom stereocenters. The van der Waals surface area contributed by atoms with Gasteiger partial charge < -0.3 is 15.6 Å². The highest BCUT2D eigenvalue weighted by atomic mass is 16.5. The highest BCUT2D eigenvalue weighted by molar-refractivity contribution is 5.73. The van der Waals surface area contributed by atoms with E-state index in [1.54, 1.807) is 7.11 Å². The van der Waals surface area contributed by atoms with Gasteiger partial charge in [-0.1, -0.05) is 12.1 Å². The SMILES string of the molecule is COc1ccc(C[C@H](N)C(=O)O)cc1C. The molecule has 1 aromatic rings. The molecule has 0 aliphatic rings. The fourth-order valence-electron chi connectivity index (χ4n) is 1.41. The predicted molar refractivity (Wildman–Crippen MR) is 57.0 cm³/mol. The number of nitrogens with two attached hydrogens (primary N) is 1. The normalized spacial score (nSPS) is 12.2. The van der Waals surface area contributed by atoms with Gasteiger partial charge in [-0.25, -0.2) is 0 Å². The molecule has 0 fully saturated rings. The first-order valence-electron chi connectivity index (χ1n) is 4.66. The summed E-state index contributed by atoms with van der Waals surface area (Å²) in [6.45, 7) is 1.91. The number of carboxylic acid groups (broad SMARTS) is 1. The molecule has 0 aliphatic heterocycles. The van der Waals surface area contributed by atoms with E-state index in [0.717, 1.165) is 16.9 Å². The van der Waals surface area contributed by atoms with Crippen molar-refractivity contribution in [2.75, 3.05) is 7.11 Å². The summed E-state index contributed by atoms with van der Waals surface area (Å²) in [6.07, 6.45) is 0.333. The number of hydrogen-bond acceptors (Lipinski definition) is 3. The summed E-state index contributed by atoms with van der Waals surface area (Å²) in [6, 6.07) is 4.69. The van der Waals surface area contributed by atoms with Crippen LogP contribution in [0, 0.1) is 6.92 Å². The Labute approximate surface area is 88.7 Å². The Kier molecular flexibility index (Phi) is 3.68. The van der Waals surface area contributed by atoms with Gasteiger partial charge in [-0.15, -0.1) is 0 Å². The summed E-state index contributed by atoms with van der Waals surface area (Å²) in [4.78, 5) is 10.6. The molecule has 1 rings (SSSR count). The van der Waals surface area contributed by atoms with Crippen molar-refractivity contribution >= 4 is 5.97 Å². The first kappa shape index (κ1) is 11.5. The topological polar surface area (TPSA) is 72.5 Å². The summed E-state index contributed by atoms with van der Waals surface area (Å²) in [7, 11) is 1.60. The molecular formula is C11H15NO3. The van der Waals surface area contributed by atoms with Crippen LogP contribution in [0.25, 0.3) is 0 Å². The minimum absolute atomic E-state index is 0.333. The molecule has 3 N–H and O–H groups in total. The summed E-state index contributed by atoms with van der Waals surface area (Å²) in [5.74, 6) is -0.189. The van der Waals surface area contributed by atoms with E-state index in [1.165, 1.54) is 0 Å². The monoisotopic (exact) mass is 209 g/mol. The van der Waals surface area contributed by atoms with Crippen molar-refractivity contribution in [3.8, 4) is 5.75 Å². The average Bonchev–Trinajstić information content (AvgIpc) is 2.18. The number of rotatable bonds is 4. The summed E-state index contributed by atoms with van der Waals surface area (Å²) in [5, 5.41) is 8.66. The van der Waals surface area contributed by atoms with Crippen LogP contribution in [0.1, 0.15) is 11.1 Å². The van der Waals surface area contributed by atoms with Crippen molar-refractivity contribution in [1.29, 1.82) is 0 Å². The zero-order valence-electron chi connectivity index (χ0n) is 8.86. The highest BCUT2D eigenvalue weighted by Crippen LogP contribution is 2.19. The molecule has 0 bridgehead atoms. The lowest BCUT2D eigenvalue weighted by Crippen LogP contribution is -2.32. The van der Waals surface area contributed by atoms with E-state index in [4.69, 9.17) is 15.6 Å². The molecule has 15 heavy (non-hydrogen) atoms. The number of benzene rings is 1. The molecular weight excluding hydrogens is 194 g/mol. The van der Waals surface area contributed by atoms with Gasteiger partial charge in [-0.3, -0.25) is 4.79 Å². The number of ether oxygens (including phenoxy) is 1. The maximum atomic E-state index is 10.6. The van der Waals surface area contributed by atoms with Gasteiger partial charge in [0.1, 0.15) is 11.8 Å². The number of hydrogen-bond donors (Lipinski definition) is 2.